The molecule has 0 aliphatic carbocycles. The zero-order valence-electron chi connectivity index (χ0n) is 10.5. The lowest BCUT2D eigenvalue weighted by molar-refractivity contribution is 0.0490. The number of pyridine rings is 1. The van der Waals surface area contributed by atoms with Gasteiger partial charge in [0, 0.05) is 32.1 Å². The van der Waals surface area contributed by atoms with Gasteiger partial charge >= 0.3 is 0 Å². The molecule has 0 bridgehead atoms. The maximum atomic E-state index is 5.42. The van der Waals surface area contributed by atoms with Crippen LogP contribution in [-0.2, 0) is 16.0 Å². The molecule has 1 aromatic heterocycles. The van der Waals surface area contributed by atoms with Crippen LogP contribution in [-0.4, -0.2) is 38.0 Å². The summed E-state index contributed by atoms with van der Waals surface area (Å²) in [6, 6.07) is 4.00. The van der Waals surface area contributed by atoms with Crippen molar-refractivity contribution in [1.29, 1.82) is 0 Å². The first kappa shape index (κ1) is 14.1. The molecule has 0 amide bonds. The van der Waals surface area contributed by atoms with Gasteiger partial charge in [-0.1, -0.05) is 13.0 Å². The van der Waals surface area contributed by atoms with Crippen LogP contribution in [0.3, 0.4) is 0 Å². The van der Waals surface area contributed by atoms with Crippen molar-refractivity contribution < 1.29 is 9.47 Å². The van der Waals surface area contributed by atoms with Gasteiger partial charge in [-0.2, -0.15) is 0 Å². The second-order valence-electron chi connectivity index (χ2n) is 3.76. The maximum absolute atomic E-state index is 5.42. The molecule has 1 rings (SSSR count). The molecule has 0 unspecified atom stereocenters. The molecule has 0 saturated carbocycles. The molecule has 1 N–H and O–H groups in total. The van der Waals surface area contributed by atoms with Crippen LogP contribution in [0.1, 0.15) is 18.9 Å². The van der Waals surface area contributed by atoms with Crippen LogP contribution in [0.2, 0.25) is 0 Å². The summed E-state index contributed by atoms with van der Waals surface area (Å²) in [7, 11) is 0. The van der Waals surface area contributed by atoms with E-state index >= 15 is 0 Å². The molecule has 0 fully saturated rings. The number of aromatic nitrogens is 1. The minimum Gasteiger partial charge on any atom is -0.379 e. The molecule has 0 spiro atoms. The van der Waals surface area contributed by atoms with Crippen LogP contribution in [0.5, 0.6) is 0 Å². The van der Waals surface area contributed by atoms with Crippen molar-refractivity contribution in [1.82, 2.24) is 10.3 Å². The Bertz CT molecular complexity index is 267. The Kier molecular flexibility index (Phi) is 8.46. The van der Waals surface area contributed by atoms with Crippen LogP contribution in [0.25, 0.3) is 0 Å². The highest BCUT2D eigenvalue weighted by Crippen LogP contribution is 1.93. The fourth-order valence-electron chi connectivity index (χ4n) is 1.35. The highest BCUT2D eigenvalue weighted by molar-refractivity contribution is 5.07. The summed E-state index contributed by atoms with van der Waals surface area (Å²) in [4.78, 5) is 4.05. The summed E-state index contributed by atoms with van der Waals surface area (Å²) in [5.41, 5.74) is 1.19. The Morgan fingerprint density at radius 2 is 2.00 bits per heavy atom. The Morgan fingerprint density at radius 1 is 1.18 bits per heavy atom. The third kappa shape index (κ3) is 7.85. The van der Waals surface area contributed by atoms with Gasteiger partial charge in [-0.25, -0.2) is 0 Å². The molecule has 1 heterocycles. The summed E-state index contributed by atoms with van der Waals surface area (Å²) >= 11 is 0. The lowest BCUT2D eigenvalue weighted by Gasteiger charge is -2.06. The van der Waals surface area contributed by atoms with Crippen molar-refractivity contribution in [2.45, 2.75) is 19.9 Å². The van der Waals surface area contributed by atoms with Gasteiger partial charge in [0.15, 0.2) is 0 Å². The van der Waals surface area contributed by atoms with Gasteiger partial charge < -0.3 is 14.8 Å². The SMILES string of the molecule is CCCOCCOCCNCc1cccnc1. The first-order chi connectivity index (χ1) is 8.43. The molecule has 0 saturated heterocycles. The van der Waals surface area contributed by atoms with Crippen molar-refractivity contribution in [3.05, 3.63) is 30.1 Å². The van der Waals surface area contributed by atoms with Gasteiger partial charge in [0.2, 0.25) is 0 Å². The van der Waals surface area contributed by atoms with E-state index in [1.54, 1.807) is 6.20 Å². The van der Waals surface area contributed by atoms with Crippen LogP contribution in [0.4, 0.5) is 0 Å². The summed E-state index contributed by atoms with van der Waals surface area (Å²) in [6.45, 7) is 6.69. The Balaban J connectivity index is 1.85. The average Bonchev–Trinajstić information content (AvgIpc) is 2.38. The predicted molar refractivity (Wildman–Crippen MR) is 67.9 cm³/mol. The lowest BCUT2D eigenvalue weighted by Crippen LogP contribution is -2.20. The number of rotatable bonds is 10. The Morgan fingerprint density at radius 3 is 2.71 bits per heavy atom. The minimum absolute atomic E-state index is 0.675. The van der Waals surface area contributed by atoms with E-state index in [1.165, 1.54) is 5.56 Å². The van der Waals surface area contributed by atoms with E-state index in [9.17, 15) is 0 Å². The quantitative estimate of drug-likeness (QED) is 0.629. The number of nitrogens with one attached hydrogen (secondary N) is 1. The second kappa shape index (κ2) is 10.2. The van der Waals surface area contributed by atoms with Crippen molar-refractivity contribution >= 4 is 0 Å². The van der Waals surface area contributed by atoms with Gasteiger partial charge in [-0.05, 0) is 18.1 Å². The predicted octanol–water partition coefficient (Wildman–Crippen LogP) is 1.61. The van der Waals surface area contributed by atoms with Crippen molar-refractivity contribution in [2.24, 2.45) is 0 Å². The molecule has 1 aromatic rings. The number of ether oxygens (including phenoxy) is 2. The fraction of sp³-hybridized carbons (Fsp3) is 0.615. The van der Waals surface area contributed by atoms with Crippen molar-refractivity contribution in [3.8, 4) is 0 Å². The number of nitrogens with zero attached hydrogens (tertiary/aromatic N) is 1. The largest absolute Gasteiger partial charge is 0.379 e. The third-order valence-electron chi connectivity index (χ3n) is 2.20. The van der Waals surface area contributed by atoms with E-state index in [-0.39, 0.29) is 0 Å². The van der Waals surface area contributed by atoms with E-state index in [1.807, 2.05) is 12.3 Å². The van der Waals surface area contributed by atoms with Crippen LogP contribution < -0.4 is 5.32 Å². The standard InChI is InChI=1S/C13H22N2O2/c1-2-7-16-9-10-17-8-6-15-12-13-4-3-5-14-11-13/h3-5,11,15H,2,6-10,12H2,1H3. The summed E-state index contributed by atoms with van der Waals surface area (Å²) < 4.78 is 10.7. The van der Waals surface area contributed by atoms with Gasteiger partial charge in [-0.3, -0.25) is 4.98 Å². The van der Waals surface area contributed by atoms with E-state index in [2.05, 4.69) is 23.3 Å². The summed E-state index contributed by atoms with van der Waals surface area (Å²) in [5.74, 6) is 0. The Labute approximate surface area is 103 Å². The van der Waals surface area contributed by atoms with Crippen LogP contribution in [0.15, 0.2) is 24.5 Å². The van der Waals surface area contributed by atoms with E-state index in [4.69, 9.17) is 9.47 Å². The highest BCUT2D eigenvalue weighted by atomic mass is 16.5. The average molecular weight is 238 g/mol. The Hall–Kier alpha value is -0.970. The second-order valence-corrected chi connectivity index (χ2v) is 3.76. The third-order valence-corrected chi connectivity index (χ3v) is 2.20. The molecular formula is C13H22N2O2. The van der Waals surface area contributed by atoms with Gasteiger partial charge in [0.1, 0.15) is 0 Å². The van der Waals surface area contributed by atoms with Crippen LogP contribution >= 0.6 is 0 Å². The van der Waals surface area contributed by atoms with E-state index in [0.717, 1.165) is 32.7 Å². The van der Waals surface area contributed by atoms with Gasteiger partial charge in [0.05, 0.1) is 19.8 Å². The molecular weight excluding hydrogens is 216 g/mol. The summed E-state index contributed by atoms with van der Waals surface area (Å²) in [5, 5.41) is 3.30. The van der Waals surface area contributed by atoms with E-state index < -0.39 is 0 Å². The molecule has 0 atom stereocenters. The molecule has 0 aromatic carbocycles. The van der Waals surface area contributed by atoms with E-state index in [0.29, 0.717) is 13.2 Å². The first-order valence-electron chi connectivity index (χ1n) is 6.18. The topological polar surface area (TPSA) is 43.4 Å². The number of hydrogen-bond acceptors (Lipinski definition) is 4. The molecule has 0 aliphatic rings. The summed E-state index contributed by atoms with van der Waals surface area (Å²) in [6.07, 6.45) is 4.71. The van der Waals surface area contributed by atoms with Gasteiger partial charge in [-0.15, -0.1) is 0 Å². The smallest absolute Gasteiger partial charge is 0.0701 e. The normalized spacial score (nSPS) is 10.6. The first-order valence-corrected chi connectivity index (χ1v) is 6.18. The zero-order valence-corrected chi connectivity index (χ0v) is 10.5. The fourth-order valence-corrected chi connectivity index (χ4v) is 1.35. The lowest BCUT2D eigenvalue weighted by atomic mass is 10.3. The molecule has 4 nitrogen and oxygen atoms in total. The van der Waals surface area contributed by atoms with Crippen molar-refractivity contribution in [3.63, 3.8) is 0 Å². The molecule has 0 radical (unpaired) electrons. The molecule has 96 valence electrons. The van der Waals surface area contributed by atoms with Crippen LogP contribution in [0, 0.1) is 0 Å². The maximum Gasteiger partial charge on any atom is 0.0701 e. The number of hydrogen-bond donors (Lipinski definition) is 1. The molecule has 0 aliphatic heterocycles. The molecule has 17 heavy (non-hydrogen) atoms. The monoisotopic (exact) mass is 238 g/mol. The molecule has 4 heteroatoms. The zero-order chi connectivity index (χ0) is 12.2. The van der Waals surface area contributed by atoms with Gasteiger partial charge in [0.25, 0.3) is 0 Å². The minimum atomic E-state index is 0.675. The van der Waals surface area contributed by atoms with Crippen molar-refractivity contribution in [2.75, 3.05) is 33.0 Å². The highest BCUT2D eigenvalue weighted by Gasteiger charge is 1.92.